The van der Waals surface area contributed by atoms with Crippen molar-refractivity contribution in [3.63, 3.8) is 0 Å². The van der Waals surface area contributed by atoms with Gasteiger partial charge in [-0.05, 0) is 29.8 Å². The molecule has 0 radical (unpaired) electrons. The Morgan fingerprint density at radius 1 is 1.03 bits per heavy atom. The van der Waals surface area contributed by atoms with Gasteiger partial charge in [0, 0.05) is 22.6 Å². The summed E-state index contributed by atoms with van der Waals surface area (Å²) in [5.74, 6) is 1.64. The lowest BCUT2D eigenvalue weighted by molar-refractivity contribution is 0.628. The van der Waals surface area contributed by atoms with Crippen molar-refractivity contribution in [3.05, 3.63) is 82.1 Å². The summed E-state index contributed by atoms with van der Waals surface area (Å²) in [5, 5.41) is 12.9. The Bertz CT molecular complexity index is 1070. The molecule has 0 aliphatic heterocycles. The highest BCUT2D eigenvalue weighted by molar-refractivity contribution is 7.98. The molecule has 0 spiro atoms. The summed E-state index contributed by atoms with van der Waals surface area (Å²) in [6.07, 6.45) is 0. The van der Waals surface area contributed by atoms with Crippen LogP contribution in [-0.2, 0) is 12.3 Å². The van der Waals surface area contributed by atoms with Crippen molar-refractivity contribution >= 4 is 23.1 Å². The van der Waals surface area contributed by atoms with Crippen molar-refractivity contribution < 1.29 is 4.39 Å². The van der Waals surface area contributed by atoms with E-state index in [0.29, 0.717) is 12.5 Å². The van der Waals surface area contributed by atoms with Gasteiger partial charge in [-0.2, -0.15) is 0 Å². The zero-order valence-corrected chi connectivity index (χ0v) is 17.9. The van der Waals surface area contributed by atoms with E-state index < -0.39 is 0 Å². The number of thiazole rings is 1. The molecule has 7 heteroatoms. The molecule has 29 heavy (non-hydrogen) atoms. The first-order valence-electron chi connectivity index (χ1n) is 9.40. The first-order valence-corrected chi connectivity index (χ1v) is 11.3. The molecular formula is C22H21FN4S2. The van der Waals surface area contributed by atoms with Crippen LogP contribution in [0, 0.1) is 5.82 Å². The van der Waals surface area contributed by atoms with Crippen LogP contribution >= 0.6 is 23.1 Å². The number of thioether (sulfide) groups is 1. The van der Waals surface area contributed by atoms with E-state index in [9.17, 15) is 4.39 Å². The minimum absolute atomic E-state index is 0.262. The maximum atomic E-state index is 13.4. The molecule has 0 N–H and O–H groups in total. The molecule has 148 valence electrons. The second-order valence-electron chi connectivity index (χ2n) is 7.01. The van der Waals surface area contributed by atoms with Gasteiger partial charge >= 0.3 is 0 Å². The molecule has 0 bridgehead atoms. The lowest BCUT2D eigenvalue weighted by Gasteiger charge is -2.10. The summed E-state index contributed by atoms with van der Waals surface area (Å²) in [6, 6.07) is 16.6. The molecule has 0 fully saturated rings. The zero-order chi connectivity index (χ0) is 20.2. The van der Waals surface area contributed by atoms with E-state index in [2.05, 4.69) is 46.1 Å². The smallest absolute Gasteiger partial charge is 0.192 e. The Morgan fingerprint density at radius 2 is 1.79 bits per heavy atom. The normalized spacial score (nSPS) is 11.3. The molecule has 0 amide bonds. The van der Waals surface area contributed by atoms with Gasteiger partial charge in [-0.1, -0.05) is 55.9 Å². The SMILES string of the molecule is CC(C)c1nc(CSc2nnc(-c3ccc(F)cc3)n2Cc2ccccc2)cs1. The van der Waals surface area contributed by atoms with Crippen LogP contribution in [0.2, 0.25) is 0 Å². The van der Waals surface area contributed by atoms with Crippen LogP contribution in [-0.4, -0.2) is 19.7 Å². The van der Waals surface area contributed by atoms with Gasteiger partial charge in [-0.3, -0.25) is 4.57 Å². The van der Waals surface area contributed by atoms with Crippen LogP contribution in [0.25, 0.3) is 11.4 Å². The zero-order valence-electron chi connectivity index (χ0n) is 16.2. The fraction of sp³-hybridized carbons (Fsp3) is 0.227. The summed E-state index contributed by atoms with van der Waals surface area (Å²) in [6.45, 7) is 4.96. The van der Waals surface area contributed by atoms with Gasteiger partial charge in [0.1, 0.15) is 5.82 Å². The van der Waals surface area contributed by atoms with E-state index >= 15 is 0 Å². The lowest BCUT2D eigenvalue weighted by Crippen LogP contribution is -2.04. The number of hydrogen-bond donors (Lipinski definition) is 0. The van der Waals surface area contributed by atoms with E-state index in [-0.39, 0.29) is 5.82 Å². The largest absolute Gasteiger partial charge is 0.298 e. The highest BCUT2D eigenvalue weighted by Crippen LogP contribution is 2.29. The Hall–Kier alpha value is -2.51. The number of aromatic nitrogens is 4. The van der Waals surface area contributed by atoms with Gasteiger partial charge in [0.15, 0.2) is 11.0 Å². The Morgan fingerprint density at radius 3 is 2.48 bits per heavy atom. The van der Waals surface area contributed by atoms with Gasteiger partial charge < -0.3 is 0 Å². The molecule has 4 nitrogen and oxygen atoms in total. The molecule has 4 aromatic rings. The minimum Gasteiger partial charge on any atom is -0.298 e. The third kappa shape index (κ3) is 4.74. The highest BCUT2D eigenvalue weighted by Gasteiger charge is 2.16. The van der Waals surface area contributed by atoms with Crippen LogP contribution in [0.15, 0.2) is 65.1 Å². The lowest BCUT2D eigenvalue weighted by atomic mass is 10.2. The van der Waals surface area contributed by atoms with Crippen molar-refractivity contribution in [2.75, 3.05) is 0 Å². The van der Waals surface area contributed by atoms with Crippen molar-refractivity contribution in [1.29, 1.82) is 0 Å². The number of nitrogens with zero attached hydrogens (tertiary/aromatic N) is 4. The van der Waals surface area contributed by atoms with Crippen molar-refractivity contribution in [2.45, 2.75) is 37.2 Å². The third-order valence-corrected chi connectivity index (χ3v) is 6.61. The third-order valence-electron chi connectivity index (χ3n) is 4.42. The summed E-state index contributed by atoms with van der Waals surface area (Å²) in [4.78, 5) is 4.71. The monoisotopic (exact) mass is 424 g/mol. The molecule has 0 aliphatic carbocycles. The fourth-order valence-electron chi connectivity index (χ4n) is 2.91. The Kier molecular flexibility index (Phi) is 6.06. The maximum Gasteiger partial charge on any atom is 0.192 e. The Labute approximate surface area is 177 Å². The summed E-state index contributed by atoms with van der Waals surface area (Å²) < 4.78 is 15.5. The van der Waals surface area contributed by atoms with Crippen LogP contribution in [0.1, 0.15) is 36.0 Å². The predicted molar refractivity (Wildman–Crippen MR) is 117 cm³/mol. The number of rotatable bonds is 7. The van der Waals surface area contributed by atoms with Gasteiger partial charge in [0.25, 0.3) is 0 Å². The maximum absolute atomic E-state index is 13.4. The molecule has 0 aliphatic rings. The van der Waals surface area contributed by atoms with Crippen LogP contribution in [0.5, 0.6) is 0 Å². The van der Waals surface area contributed by atoms with Crippen LogP contribution < -0.4 is 0 Å². The van der Waals surface area contributed by atoms with E-state index in [1.807, 2.05) is 18.2 Å². The number of benzene rings is 2. The van der Waals surface area contributed by atoms with Gasteiger partial charge in [-0.25, -0.2) is 9.37 Å². The molecule has 2 heterocycles. The van der Waals surface area contributed by atoms with Crippen LogP contribution in [0.4, 0.5) is 4.39 Å². The minimum atomic E-state index is -0.262. The second kappa shape index (κ2) is 8.88. The Balaban J connectivity index is 1.62. The molecule has 4 rings (SSSR count). The molecule has 0 atom stereocenters. The summed E-state index contributed by atoms with van der Waals surface area (Å²) in [7, 11) is 0. The van der Waals surface area contributed by atoms with E-state index in [1.165, 1.54) is 12.1 Å². The van der Waals surface area contributed by atoms with Crippen molar-refractivity contribution in [2.24, 2.45) is 0 Å². The standard InChI is InChI=1S/C22H21FN4S2/c1-15(2)21-24-19(13-28-21)14-29-22-26-25-20(17-8-10-18(23)11-9-17)27(22)12-16-6-4-3-5-7-16/h3-11,13,15H,12,14H2,1-2H3. The summed E-state index contributed by atoms with van der Waals surface area (Å²) >= 11 is 3.32. The second-order valence-corrected chi connectivity index (χ2v) is 8.84. The first kappa shape index (κ1) is 19.8. The quantitative estimate of drug-likeness (QED) is 0.341. The van der Waals surface area contributed by atoms with Gasteiger partial charge in [0.2, 0.25) is 0 Å². The summed E-state index contributed by atoms with van der Waals surface area (Å²) in [5.41, 5.74) is 3.06. The predicted octanol–water partition coefficient (Wildman–Crippen LogP) is 6.00. The highest BCUT2D eigenvalue weighted by atomic mass is 32.2. The fourth-order valence-corrected chi connectivity index (χ4v) is 4.68. The van der Waals surface area contributed by atoms with Gasteiger partial charge in [0.05, 0.1) is 17.2 Å². The van der Waals surface area contributed by atoms with E-state index in [1.54, 1.807) is 35.2 Å². The molecule has 0 saturated heterocycles. The molecule has 0 unspecified atom stereocenters. The average Bonchev–Trinajstić information content (AvgIpc) is 3.35. The number of halogens is 1. The average molecular weight is 425 g/mol. The molecule has 2 aromatic heterocycles. The van der Waals surface area contributed by atoms with Crippen molar-refractivity contribution in [1.82, 2.24) is 19.7 Å². The van der Waals surface area contributed by atoms with Crippen molar-refractivity contribution in [3.8, 4) is 11.4 Å². The van der Waals surface area contributed by atoms with Crippen LogP contribution in [0.3, 0.4) is 0 Å². The van der Waals surface area contributed by atoms with E-state index in [4.69, 9.17) is 4.98 Å². The number of hydrogen-bond acceptors (Lipinski definition) is 5. The molecular weight excluding hydrogens is 403 g/mol. The molecule has 0 saturated carbocycles. The topological polar surface area (TPSA) is 43.6 Å². The molecule has 2 aromatic carbocycles. The van der Waals surface area contributed by atoms with E-state index in [0.717, 1.165) is 38.6 Å². The first-order chi connectivity index (χ1) is 14.1. The van der Waals surface area contributed by atoms with Gasteiger partial charge in [-0.15, -0.1) is 21.5 Å².